The molecule has 9 heteroatoms. The van der Waals surface area contributed by atoms with E-state index in [-0.39, 0.29) is 17.3 Å². The van der Waals surface area contributed by atoms with Crippen LogP contribution in [0.2, 0.25) is 0 Å². The zero-order valence-electron chi connectivity index (χ0n) is 12.4. The minimum Gasteiger partial charge on any atom is -0.454 e. The number of piperidine rings is 1. The molecule has 0 radical (unpaired) electrons. The van der Waals surface area contributed by atoms with Crippen molar-refractivity contribution < 1.29 is 22.7 Å². The molecule has 1 N–H and O–H groups in total. The van der Waals surface area contributed by atoms with Crippen LogP contribution in [-0.4, -0.2) is 48.3 Å². The Balaban J connectivity index is 1.66. The Kier molecular flexibility index (Phi) is 4.13. The number of nitrogens with one attached hydrogen (secondary N) is 1. The number of ether oxygens (including phenoxy) is 1. The first-order valence-corrected chi connectivity index (χ1v) is 7.40. The molecule has 1 aromatic rings. The predicted molar refractivity (Wildman–Crippen MR) is 75.1 cm³/mol. The molecule has 2 fully saturated rings. The molecule has 0 unspecified atom stereocenters. The van der Waals surface area contributed by atoms with Gasteiger partial charge in [-0.05, 0) is 31.3 Å². The van der Waals surface area contributed by atoms with Gasteiger partial charge >= 0.3 is 12.2 Å². The topological polar surface area (TPSA) is 67.4 Å². The summed E-state index contributed by atoms with van der Waals surface area (Å²) in [5, 5.41) is 3.28. The Morgan fingerprint density at radius 3 is 2.52 bits per heavy atom. The van der Waals surface area contributed by atoms with Gasteiger partial charge in [-0.25, -0.2) is 9.97 Å². The fourth-order valence-corrected chi connectivity index (χ4v) is 3.09. The van der Waals surface area contributed by atoms with Crippen LogP contribution in [-0.2, 0) is 4.79 Å². The fraction of sp³-hybridized carbons (Fsp3) is 0.643. The number of hydrogen-bond acceptors (Lipinski definition) is 5. The number of carbonyl (C=O) groups is 1. The normalized spacial score (nSPS) is 21.0. The summed E-state index contributed by atoms with van der Waals surface area (Å²) < 4.78 is 40.7. The standard InChI is InChI=1S/C14H17F3N4O2/c15-14(16,17)9-23-12-19-6-10(7-20-12)21-8-13(5-11(21)22)1-3-18-4-2-13/h6-7,18H,1-5,8-9H2. The van der Waals surface area contributed by atoms with Gasteiger partial charge in [-0.15, -0.1) is 0 Å². The lowest BCUT2D eigenvalue weighted by Crippen LogP contribution is -2.38. The highest BCUT2D eigenvalue weighted by Gasteiger charge is 2.44. The molecule has 2 saturated heterocycles. The summed E-state index contributed by atoms with van der Waals surface area (Å²) in [5.74, 6) is -0.000500. The number of amides is 1. The second-order valence-electron chi connectivity index (χ2n) is 6.03. The highest BCUT2D eigenvalue weighted by Crippen LogP contribution is 2.40. The Labute approximate surface area is 131 Å². The van der Waals surface area contributed by atoms with E-state index in [0.29, 0.717) is 18.7 Å². The van der Waals surface area contributed by atoms with Crippen LogP contribution in [0.3, 0.4) is 0 Å². The van der Waals surface area contributed by atoms with Crippen molar-refractivity contribution >= 4 is 11.6 Å². The highest BCUT2D eigenvalue weighted by molar-refractivity contribution is 5.96. The first kappa shape index (κ1) is 16.0. The van der Waals surface area contributed by atoms with E-state index in [1.807, 2.05) is 0 Å². The maximum atomic E-state index is 12.3. The molecule has 1 aromatic heterocycles. The average Bonchev–Trinajstić information content (AvgIpc) is 2.82. The number of hydrogen-bond donors (Lipinski definition) is 1. The molecule has 0 aromatic carbocycles. The van der Waals surface area contributed by atoms with Crippen LogP contribution in [0.4, 0.5) is 18.9 Å². The maximum Gasteiger partial charge on any atom is 0.422 e. The van der Waals surface area contributed by atoms with Crippen molar-refractivity contribution in [2.75, 3.05) is 31.1 Å². The van der Waals surface area contributed by atoms with Crippen molar-refractivity contribution in [2.24, 2.45) is 5.41 Å². The zero-order valence-corrected chi connectivity index (χ0v) is 12.4. The Bertz CT molecular complexity index is 570. The van der Waals surface area contributed by atoms with E-state index in [1.165, 1.54) is 12.4 Å². The molecule has 0 aliphatic carbocycles. The smallest absolute Gasteiger partial charge is 0.422 e. The molecule has 1 spiro atoms. The number of halogens is 3. The monoisotopic (exact) mass is 330 g/mol. The lowest BCUT2D eigenvalue weighted by molar-refractivity contribution is -0.154. The van der Waals surface area contributed by atoms with Crippen molar-refractivity contribution in [2.45, 2.75) is 25.4 Å². The molecule has 0 atom stereocenters. The van der Waals surface area contributed by atoms with Crippen LogP contribution < -0.4 is 15.0 Å². The molecule has 2 aliphatic rings. The third-order valence-corrected chi connectivity index (χ3v) is 4.28. The minimum atomic E-state index is -4.44. The number of carbonyl (C=O) groups excluding carboxylic acids is 1. The SMILES string of the molecule is O=C1CC2(CCNCC2)CN1c1cnc(OCC(F)(F)F)nc1. The second kappa shape index (κ2) is 5.95. The summed E-state index contributed by atoms with van der Waals surface area (Å²) in [6.07, 6.45) is 0.578. The Hall–Kier alpha value is -1.90. The highest BCUT2D eigenvalue weighted by atomic mass is 19.4. The van der Waals surface area contributed by atoms with E-state index in [4.69, 9.17) is 0 Å². The van der Waals surface area contributed by atoms with E-state index in [2.05, 4.69) is 20.0 Å². The van der Waals surface area contributed by atoms with E-state index >= 15 is 0 Å². The summed E-state index contributed by atoms with van der Waals surface area (Å²) in [7, 11) is 0. The molecule has 126 valence electrons. The fourth-order valence-electron chi connectivity index (χ4n) is 3.09. The van der Waals surface area contributed by atoms with E-state index in [1.54, 1.807) is 4.90 Å². The predicted octanol–water partition coefficient (Wildman–Crippen LogP) is 1.52. The first-order valence-electron chi connectivity index (χ1n) is 7.40. The summed E-state index contributed by atoms with van der Waals surface area (Å²) >= 11 is 0. The van der Waals surface area contributed by atoms with Crippen LogP contribution in [0.25, 0.3) is 0 Å². The minimum absolute atomic E-state index is 0.000500. The molecular formula is C14H17F3N4O2. The largest absolute Gasteiger partial charge is 0.454 e. The van der Waals surface area contributed by atoms with Gasteiger partial charge in [0.25, 0.3) is 0 Å². The Morgan fingerprint density at radius 1 is 1.26 bits per heavy atom. The van der Waals surface area contributed by atoms with Gasteiger partial charge in [-0.2, -0.15) is 13.2 Å². The van der Waals surface area contributed by atoms with Crippen molar-refractivity contribution in [3.63, 3.8) is 0 Å². The van der Waals surface area contributed by atoms with Gasteiger partial charge in [0.2, 0.25) is 5.91 Å². The van der Waals surface area contributed by atoms with Crippen molar-refractivity contribution in [3.05, 3.63) is 12.4 Å². The van der Waals surface area contributed by atoms with E-state index in [9.17, 15) is 18.0 Å². The summed E-state index contributed by atoms with van der Waals surface area (Å²) in [5.41, 5.74) is 0.470. The molecule has 2 aliphatic heterocycles. The van der Waals surface area contributed by atoms with Crippen LogP contribution >= 0.6 is 0 Å². The van der Waals surface area contributed by atoms with Gasteiger partial charge in [-0.3, -0.25) is 4.79 Å². The van der Waals surface area contributed by atoms with Gasteiger partial charge in [0.1, 0.15) is 0 Å². The molecule has 3 heterocycles. The molecule has 23 heavy (non-hydrogen) atoms. The molecule has 0 saturated carbocycles. The average molecular weight is 330 g/mol. The summed E-state index contributed by atoms with van der Waals surface area (Å²) in [6, 6.07) is -0.352. The molecule has 6 nitrogen and oxygen atoms in total. The third-order valence-electron chi connectivity index (χ3n) is 4.28. The summed E-state index contributed by atoms with van der Waals surface area (Å²) in [6.45, 7) is 0.939. The van der Waals surface area contributed by atoms with Gasteiger partial charge in [0.15, 0.2) is 6.61 Å². The summed E-state index contributed by atoms with van der Waals surface area (Å²) in [4.78, 5) is 21.4. The van der Waals surface area contributed by atoms with E-state index < -0.39 is 12.8 Å². The quantitative estimate of drug-likeness (QED) is 0.910. The van der Waals surface area contributed by atoms with Crippen LogP contribution in [0, 0.1) is 5.41 Å². The van der Waals surface area contributed by atoms with E-state index in [0.717, 1.165) is 25.9 Å². The number of aromatic nitrogens is 2. The van der Waals surface area contributed by atoms with Gasteiger partial charge in [-0.1, -0.05) is 0 Å². The zero-order chi connectivity index (χ0) is 16.5. The lowest BCUT2D eigenvalue weighted by Gasteiger charge is -2.32. The third kappa shape index (κ3) is 3.72. The van der Waals surface area contributed by atoms with Crippen LogP contribution in [0.1, 0.15) is 19.3 Å². The van der Waals surface area contributed by atoms with Gasteiger partial charge < -0.3 is 15.0 Å². The van der Waals surface area contributed by atoms with Crippen LogP contribution in [0.15, 0.2) is 12.4 Å². The Morgan fingerprint density at radius 2 is 1.91 bits per heavy atom. The maximum absolute atomic E-state index is 12.3. The number of anilines is 1. The second-order valence-corrected chi connectivity index (χ2v) is 6.03. The molecular weight excluding hydrogens is 313 g/mol. The number of alkyl halides is 3. The van der Waals surface area contributed by atoms with Crippen molar-refractivity contribution in [1.29, 1.82) is 0 Å². The van der Waals surface area contributed by atoms with Crippen molar-refractivity contribution in [3.8, 4) is 6.01 Å². The van der Waals surface area contributed by atoms with Gasteiger partial charge in [0.05, 0.1) is 18.1 Å². The van der Waals surface area contributed by atoms with Crippen molar-refractivity contribution in [1.82, 2.24) is 15.3 Å². The van der Waals surface area contributed by atoms with Crippen LogP contribution in [0.5, 0.6) is 6.01 Å². The number of nitrogens with zero attached hydrogens (tertiary/aromatic N) is 3. The number of rotatable bonds is 3. The lowest BCUT2D eigenvalue weighted by atomic mass is 9.78. The molecule has 1 amide bonds. The molecule has 0 bridgehead atoms. The molecule has 3 rings (SSSR count). The first-order chi connectivity index (χ1) is 10.9. The van der Waals surface area contributed by atoms with Gasteiger partial charge in [0, 0.05) is 13.0 Å².